The van der Waals surface area contributed by atoms with Crippen LogP contribution in [0.1, 0.15) is 17.7 Å². The number of fused-ring (bicyclic) bond motifs is 1. The van der Waals surface area contributed by atoms with E-state index in [0.29, 0.717) is 17.6 Å². The molecule has 0 spiro atoms. The molecule has 0 saturated heterocycles. The van der Waals surface area contributed by atoms with E-state index in [1.807, 2.05) is 36.4 Å². The first-order valence-corrected chi connectivity index (χ1v) is 9.08. The number of aryl methyl sites for hydroxylation is 1. The molecule has 0 aliphatic rings. The van der Waals surface area contributed by atoms with Gasteiger partial charge in [-0.3, -0.25) is 19.0 Å². The SMILES string of the molecule is CNC(=O)CCc1nc2ccccc2n(CC(=O)NCc2ccccc2)c1=O. The van der Waals surface area contributed by atoms with Crippen molar-refractivity contribution in [1.29, 1.82) is 0 Å². The monoisotopic (exact) mass is 378 g/mol. The van der Waals surface area contributed by atoms with Gasteiger partial charge in [-0.05, 0) is 17.7 Å². The molecule has 2 N–H and O–H groups in total. The normalized spacial score (nSPS) is 10.6. The molecular formula is C21H22N4O3. The Labute approximate surface area is 162 Å². The average molecular weight is 378 g/mol. The zero-order chi connectivity index (χ0) is 19.9. The molecule has 7 nitrogen and oxygen atoms in total. The van der Waals surface area contributed by atoms with Crippen LogP contribution in [0.5, 0.6) is 0 Å². The second-order valence-electron chi connectivity index (χ2n) is 6.37. The van der Waals surface area contributed by atoms with Gasteiger partial charge in [0, 0.05) is 26.4 Å². The number of rotatable bonds is 7. The summed E-state index contributed by atoms with van der Waals surface area (Å²) in [6.45, 7) is 0.280. The summed E-state index contributed by atoms with van der Waals surface area (Å²) in [5.41, 5.74) is 2.11. The molecule has 144 valence electrons. The largest absolute Gasteiger partial charge is 0.359 e. The standard InChI is InChI=1S/C21H22N4O3/c1-22-19(26)12-11-17-21(28)25(18-10-6-5-9-16(18)24-17)14-20(27)23-13-15-7-3-2-4-8-15/h2-10H,11-14H2,1H3,(H,22,26)(H,23,27). The molecule has 3 rings (SSSR count). The van der Waals surface area contributed by atoms with E-state index in [4.69, 9.17) is 0 Å². The van der Waals surface area contributed by atoms with Crippen LogP contribution in [0.15, 0.2) is 59.4 Å². The number of amides is 2. The van der Waals surface area contributed by atoms with Crippen molar-refractivity contribution >= 4 is 22.8 Å². The third kappa shape index (κ3) is 4.62. The van der Waals surface area contributed by atoms with Gasteiger partial charge < -0.3 is 10.6 Å². The van der Waals surface area contributed by atoms with E-state index in [2.05, 4.69) is 15.6 Å². The maximum absolute atomic E-state index is 12.9. The third-order valence-electron chi connectivity index (χ3n) is 4.42. The Morgan fingerprint density at radius 3 is 2.46 bits per heavy atom. The highest BCUT2D eigenvalue weighted by Gasteiger charge is 2.14. The Balaban J connectivity index is 1.84. The van der Waals surface area contributed by atoms with E-state index in [0.717, 1.165) is 5.56 Å². The Bertz CT molecular complexity index is 1040. The Morgan fingerprint density at radius 2 is 1.71 bits per heavy atom. The van der Waals surface area contributed by atoms with E-state index in [1.54, 1.807) is 25.2 Å². The number of hydrogen-bond donors (Lipinski definition) is 2. The first-order chi connectivity index (χ1) is 13.6. The fourth-order valence-corrected chi connectivity index (χ4v) is 2.92. The molecule has 7 heteroatoms. The quantitative estimate of drug-likeness (QED) is 0.650. The highest BCUT2D eigenvalue weighted by Crippen LogP contribution is 2.11. The zero-order valence-corrected chi connectivity index (χ0v) is 15.6. The lowest BCUT2D eigenvalue weighted by atomic mass is 10.2. The van der Waals surface area contributed by atoms with Gasteiger partial charge in [-0.25, -0.2) is 4.98 Å². The highest BCUT2D eigenvalue weighted by atomic mass is 16.2. The van der Waals surface area contributed by atoms with Gasteiger partial charge in [0.1, 0.15) is 12.2 Å². The second kappa shape index (κ2) is 8.94. The van der Waals surface area contributed by atoms with Crippen LogP contribution in [0.4, 0.5) is 0 Å². The molecule has 2 amide bonds. The van der Waals surface area contributed by atoms with Gasteiger partial charge in [-0.15, -0.1) is 0 Å². The van der Waals surface area contributed by atoms with E-state index in [1.165, 1.54) is 4.57 Å². The Hall–Kier alpha value is -3.48. The lowest BCUT2D eigenvalue weighted by Crippen LogP contribution is -2.34. The number of benzene rings is 2. The summed E-state index contributed by atoms with van der Waals surface area (Å²) in [6, 6.07) is 16.7. The number of carbonyl (C=O) groups excluding carboxylic acids is 2. The molecule has 1 heterocycles. The summed E-state index contributed by atoms with van der Waals surface area (Å²) in [5, 5.41) is 5.37. The van der Waals surface area contributed by atoms with E-state index in [-0.39, 0.29) is 42.5 Å². The van der Waals surface area contributed by atoms with Gasteiger partial charge in [0.05, 0.1) is 11.0 Å². The minimum Gasteiger partial charge on any atom is -0.359 e. The average Bonchev–Trinajstić information content (AvgIpc) is 2.73. The van der Waals surface area contributed by atoms with Crippen LogP contribution in [0, 0.1) is 0 Å². The van der Waals surface area contributed by atoms with Crippen LogP contribution in [-0.2, 0) is 29.1 Å². The van der Waals surface area contributed by atoms with Crippen molar-refractivity contribution < 1.29 is 9.59 Å². The topological polar surface area (TPSA) is 93.1 Å². The molecule has 1 aromatic heterocycles. The summed E-state index contributed by atoms with van der Waals surface area (Å²) < 4.78 is 1.42. The fraction of sp³-hybridized carbons (Fsp3) is 0.238. The van der Waals surface area contributed by atoms with Gasteiger partial charge in [0.2, 0.25) is 11.8 Å². The van der Waals surface area contributed by atoms with Crippen molar-refractivity contribution in [2.24, 2.45) is 0 Å². The van der Waals surface area contributed by atoms with Crippen molar-refractivity contribution in [2.45, 2.75) is 25.9 Å². The summed E-state index contributed by atoms with van der Waals surface area (Å²) in [6.07, 6.45) is 0.381. The molecule has 3 aromatic rings. The van der Waals surface area contributed by atoms with Crippen molar-refractivity contribution in [3.63, 3.8) is 0 Å². The molecule has 2 aromatic carbocycles. The van der Waals surface area contributed by atoms with Crippen LogP contribution < -0.4 is 16.2 Å². The number of para-hydroxylation sites is 2. The molecule has 0 atom stereocenters. The molecule has 0 radical (unpaired) electrons. The predicted octanol–water partition coefficient (Wildman–Crippen LogP) is 1.39. The van der Waals surface area contributed by atoms with Crippen LogP contribution in [-0.4, -0.2) is 28.4 Å². The molecule has 0 aliphatic heterocycles. The molecule has 0 aliphatic carbocycles. The number of hydrogen-bond acceptors (Lipinski definition) is 4. The van der Waals surface area contributed by atoms with Crippen LogP contribution in [0.3, 0.4) is 0 Å². The molecule has 28 heavy (non-hydrogen) atoms. The van der Waals surface area contributed by atoms with Gasteiger partial charge in [-0.2, -0.15) is 0 Å². The molecule has 0 unspecified atom stereocenters. The van der Waals surface area contributed by atoms with Crippen LogP contribution >= 0.6 is 0 Å². The third-order valence-corrected chi connectivity index (χ3v) is 4.42. The lowest BCUT2D eigenvalue weighted by Gasteiger charge is -2.12. The number of aromatic nitrogens is 2. The van der Waals surface area contributed by atoms with Crippen molar-refractivity contribution in [3.05, 3.63) is 76.2 Å². The van der Waals surface area contributed by atoms with Gasteiger partial charge in [0.25, 0.3) is 5.56 Å². The van der Waals surface area contributed by atoms with Crippen molar-refractivity contribution in [3.8, 4) is 0 Å². The molecule has 0 fully saturated rings. The smallest absolute Gasteiger partial charge is 0.273 e. The Morgan fingerprint density at radius 1 is 1.00 bits per heavy atom. The van der Waals surface area contributed by atoms with Crippen LogP contribution in [0.2, 0.25) is 0 Å². The minimum absolute atomic E-state index is 0.109. The number of nitrogens with one attached hydrogen (secondary N) is 2. The second-order valence-corrected chi connectivity index (χ2v) is 6.37. The first-order valence-electron chi connectivity index (χ1n) is 9.08. The van der Waals surface area contributed by atoms with E-state index in [9.17, 15) is 14.4 Å². The zero-order valence-electron chi connectivity index (χ0n) is 15.6. The summed E-state index contributed by atoms with van der Waals surface area (Å²) in [5.74, 6) is -0.430. The molecule has 0 bridgehead atoms. The summed E-state index contributed by atoms with van der Waals surface area (Å²) in [4.78, 5) is 41.3. The number of carbonyl (C=O) groups is 2. The summed E-state index contributed by atoms with van der Waals surface area (Å²) >= 11 is 0. The van der Waals surface area contributed by atoms with Gasteiger partial charge >= 0.3 is 0 Å². The maximum atomic E-state index is 12.9. The summed E-state index contributed by atoms with van der Waals surface area (Å²) in [7, 11) is 1.55. The van der Waals surface area contributed by atoms with Gasteiger partial charge in [0.15, 0.2) is 0 Å². The van der Waals surface area contributed by atoms with Crippen molar-refractivity contribution in [1.82, 2.24) is 20.2 Å². The van der Waals surface area contributed by atoms with Crippen LogP contribution in [0.25, 0.3) is 11.0 Å². The highest BCUT2D eigenvalue weighted by molar-refractivity contribution is 5.80. The molecule has 0 saturated carbocycles. The first kappa shape index (κ1) is 19.3. The number of nitrogens with zero attached hydrogens (tertiary/aromatic N) is 2. The van der Waals surface area contributed by atoms with Gasteiger partial charge in [-0.1, -0.05) is 42.5 Å². The lowest BCUT2D eigenvalue weighted by molar-refractivity contribution is -0.122. The molecular weight excluding hydrogens is 356 g/mol. The fourth-order valence-electron chi connectivity index (χ4n) is 2.92. The minimum atomic E-state index is -0.350. The van der Waals surface area contributed by atoms with E-state index >= 15 is 0 Å². The maximum Gasteiger partial charge on any atom is 0.273 e. The Kier molecular flexibility index (Phi) is 6.16. The predicted molar refractivity (Wildman–Crippen MR) is 107 cm³/mol. The van der Waals surface area contributed by atoms with Crippen molar-refractivity contribution in [2.75, 3.05) is 7.05 Å². The van der Waals surface area contributed by atoms with E-state index < -0.39 is 0 Å².